The van der Waals surface area contributed by atoms with Crippen molar-refractivity contribution in [1.29, 1.82) is 0 Å². The number of amidine groups is 1. The fraction of sp³-hybridized carbons (Fsp3) is 0.222. The third-order valence-electron chi connectivity index (χ3n) is 5.45. The Morgan fingerprint density at radius 1 is 1.08 bits per heavy atom. The first-order valence-electron chi connectivity index (χ1n) is 11.4. The molecule has 0 aromatic heterocycles. The van der Waals surface area contributed by atoms with Crippen LogP contribution in [0.25, 0.3) is 0 Å². The lowest BCUT2D eigenvalue weighted by molar-refractivity contribution is -0.129. The first-order valence-corrected chi connectivity index (χ1v) is 12.7. The maximum Gasteiger partial charge on any atom is 0.238 e. The lowest BCUT2D eigenvalue weighted by Crippen LogP contribution is -2.44. The second-order valence-electron chi connectivity index (χ2n) is 7.92. The van der Waals surface area contributed by atoms with Crippen LogP contribution in [0.15, 0.2) is 77.8 Å². The van der Waals surface area contributed by atoms with Gasteiger partial charge in [-0.05, 0) is 67.1 Å². The first kappa shape index (κ1) is 25.6. The van der Waals surface area contributed by atoms with Crippen LogP contribution >= 0.6 is 23.4 Å². The predicted octanol–water partition coefficient (Wildman–Crippen LogP) is 5.91. The molecule has 0 spiro atoms. The summed E-state index contributed by atoms with van der Waals surface area (Å²) in [4.78, 5) is 32.7. The van der Waals surface area contributed by atoms with Gasteiger partial charge in [0.05, 0.1) is 25.9 Å². The minimum Gasteiger partial charge on any atom is -0.497 e. The van der Waals surface area contributed by atoms with Crippen LogP contribution in [0.3, 0.4) is 0 Å². The number of nitrogens with zero attached hydrogens (tertiary/aromatic N) is 2. The fourth-order valence-corrected chi connectivity index (χ4v) is 4.88. The zero-order chi connectivity index (χ0) is 25.5. The molecule has 3 aromatic carbocycles. The van der Waals surface area contributed by atoms with E-state index in [1.165, 1.54) is 11.8 Å². The summed E-state index contributed by atoms with van der Waals surface area (Å²) in [5, 5.41) is 3.26. The number of halogens is 1. The van der Waals surface area contributed by atoms with Crippen molar-refractivity contribution in [3.05, 3.63) is 83.4 Å². The van der Waals surface area contributed by atoms with Gasteiger partial charge in [-0.1, -0.05) is 41.6 Å². The zero-order valence-electron chi connectivity index (χ0n) is 19.9. The summed E-state index contributed by atoms with van der Waals surface area (Å²) in [5.74, 6) is 0.957. The Balaban J connectivity index is 1.57. The lowest BCUT2D eigenvalue weighted by Gasteiger charge is -2.32. The van der Waals surface area contributed by atoms with Crippen LogP contribution in [0.4, 0.5) is 11.4 Å². The highest BCUT2D eigenvalue weighted by atomic mass is 35.5. The van der Waals surface area contributed by atoms with Crippen LogP contribution in [-0.4, -0.2) is 40.8 Å². The van der Waals surface area contributed by atoms with E-state index < -0.39 is 5.25 Å². The van der Waals surface area contributed by atoms with Gasteiger partial charge in [0.15, 0.2) is 5.17 Å². The number of aliphatic imine (C=N–C) groups is 1. The molecule has 9 heteroatoms. The van der Waals surface area contributed by atoms with Gasteiger partial charge in [0.2, 0.25) is 11.8 Å². The van der Waals surface area contributed by atoms with Crippen LogP contribution in [0, 0.1) is 0 Å². The molecule has 2 amide bonds. The highest BCUT2D eigenvalue weighted by Gasteiger charge is 2.36. The van der Waals surface area contributed by atoms with Crippen molar-refractivity contribution in [3.8, 4) is 11.5 Å². The van der Waals surface area contributed by atoms with Crippen molar-refractivity contribution >= 4 is 51.7 Å². The Labute approximate surface area is 219 Å². The van der Waals surface area contributed by atoms with E-state index in [9.17, 15) is 9.59 Å². The van der Waals surface area contributed by atoms with Crippen LogP contribution in [0.1, 0.15) is 18.9 Å². The van der Waals surface area contributed by atoms with Gasteiger partial charge in [0.1, 0.15) is 16.7 Å². The molecule has 0 bridgehead atoms. The van der Waals surface area contributed by atoms with Crippen LogP contribution in [0.2, 0.25) is 5.02 Å². The van der Waals surface area contributed by atoms with E-state index >= 15 is 0 Å². The van der Waals surface area contributed by atoms with E-state index in [-0.39, 0.29) is 24.8 Å². The lowest BCUT2D eigenvalue weighted by atomic mass is 10.2. The Kier molecular flexibility index (Phi) is 8.51. The molecule has 0 saturated carbocycles. The van der Waals surface area contributed by atoms with Gasteiger partial charge in [0, 0.05) is 17.1 Å². The molecule has 186 valence electrons. The second kappa shape index (κ2) is 12.0. The molecule has 1 atom stereocenters. The van der Waals surface area contributed by atoms with Gasteiger partial charge in [0.25, 0.3) is 0 Å². The number of methoxy groups -OCH3 is 1. The van der Waals surface area contributed by atoms with E-state index in [4.69, 9.17) is 26.1 Å². The largest absolute Gasteiger partial charge is 0.497 e. The topological polar surface area (TPSA) is 80.2 Å². The Hall–Kier alpha value is -3.49. The number of rotatable bonds is 8. The van der Waals surface area contributed by atoms with E-state index in [0.29, 0.717) is 33.9 Å². The molecule has 1 fully saturated rings. The summed E-state index contributed by atoms with van der Waals surface area (Å²) in [6, 6.07) is 21.7. The molecular weight excluding hydrogens is 498 g/mol. The highest BCUT2D eigenvalue weighted by Crippen LogP contribution is 2.32. The van der Waals surface area contributed by atoms with Gasteiger partial charge in [-0.2, -0.15) is 0 Å². The summed E-state index contributed by atoms with van der Waals surface area (Å²) < 4.78 is 10.7. The van der Waals surface area contributed by atoms with Crippen molar-refractivity contribution in [1.82, 2.24) is 4.90 Å². The van der Waals surface area contributed by atoms with E-state index in [0.717, 1.165) is 11.3 Å². The van der Waals surface area contributed by atoms with Gasteiger partial charge in [-0.3, -0.25) is 14.5 Å². The number of carbonyl (C=O) groups excluding carboxylic acids is 2. The summed E-state index contributed by atoms with van der Waals surface area (Å²) in [5.41, 5.74) is 2.07. The maximum absolute atomic E-state index is 13.3. The third-order valence-corrected chi connectivity index (χ3v) is 7.00. The molecule has 1 aliphatic rings. The van der Waals surface area contributed by atoms with Crippen LogP contribution < -0.4 is 14.8 Å². The molecule has 4 rings (SSSR count). The first-order chi connectivity index (χ1) is 17.5. The highest BCUT2D eigenvalue weighted by molar-refractivity contribution is 8.15. The number of carbonyl (C=O) groups is 2. The van der Waals surface area contributed by atoms with E-state index in [1.807, 2.05) is 25.1 Å². The average molecular weight is 524 g/mol. The van der Waals surface area contributed by atoms with Crippen LogP contribution in [-0.2, 0) is 16.1 Å². The zero-order valence-corrected chi connectivity index (χ0v) is 21.5. The summed E-state index contributed by atoms with van der Waals surface area (Å²) >= 11 is 7.62. The molecule has 1 saturated heterocycles. The maximum atomic E-state index is 13.3. The molecular formula is C27H26ClN3O4S. The Morgan fingerprint density at radius 2 is 1.78 bits per heavy atom. The number of ether oxygens (including phenoxy) is 2. The molecule has 0 radical (unpaired) electrons. The number of hydrogen-bond acceptors (Lipinski definition) is 6. The monoisotopic (exact) mass is 523 g/mol. The van der Waals surface area contributed by atoms with Crippen molar-refractivity contribution in [2.45, 2.75) is 25.1 Å². The minimum absolute atomic E-state index is 0.0413. The fourth-order valence-electron chi connectivity index (χ4n) is 3.58. The van der Waals surface area contributed by atoms with Gasteiger partial charge in [-0.25, -0.2) is 4.99 Å². The number of hydrogen-bond donors (Lipinski definition) is 1. The van der Waals surface area contributed by atoms with Crippen molar-refractivity contribution in [2.24, 2.45) is 4.99 Å². The molecule has 7 nitrogen and oxygen atoms in total. The third kappa shape index (κ3) is 6.38. The SMILES string of the molecule is CCOc1ccc(NC(=O)C2CC(=O)N(Cc3ccccc3Cl)C(=Nc3ccc(OC)cc3)S2)cc1. The number of amides is 2. The quantitative estimate of drug-likeness (QED) is 0.397. The van der Waals surface area contributed by atoms with Crippen molar-refractivity contribution in [2.75, 3.05) is 19.0 Å². The smallest absolute Gasteiger partial charge is 0.238 e. The molecule has 3 aromatic rings. The van der Waals surface area contributed by atoms with Gasteiger partial charge in [-0.15, -0.1) is 0 Å². The molecule has 1 heterocycles. The second-order valence-corrected chi connectivity index (χ2v) is 9.50. The summed E-state index contributed by atoms with van der Waals surface area (Å²) in [6.07, 6.45) is 0.0413. The standard InChI is InChI=1S/C27H26ClN3O4S/c1-3-35-22-14-10-19(11-15-22)29-26(33)24-16-25(32)31(17-18-6-4-5-7-23(18)28)27(36-24)30-20-8-12-21(34-2)13-9-20/h4-15,24H,3,16-17H2,1-2H3,(H,29,33). The normalized spacial score (nSPS) is 16.6. The molecule has 1 aliphatic heterocycles. The summed E-state index contributed by atoms with van der Waals surface area (Å²) in [6.45, 7) is 2.73. The molecule has 1 N–H and O–H groups in total. The number of anilines is 1. The molecule has 36 heavy (non-hydrogen) atoms. The number of thioether (sulfide) groups is 1. The van der Waals surface area contributed by atoms with Gasteiger partial charge < -0.3 is 14.8 Å². The van der Waals surface area contributed by atoms with Crippen molar-refractivity contribution in [3.63, 3.8) is 0 Å². The average Bonchev–Trinajstić information content (AvgIpc) is 2.88. The van der Waals surface area contributed by atoms with Gasteiger partial charge >= 0.3 is 0 Å². The van der Waals surface area contributed by atoms with Crippen molar-refractivity contribution < 1.29 is 19.1 Å². The van der Waals surface area contributed by atoms with E-state index in [1.54, 1.807) is 66.6 Å². The van der Waals surface area contributed by atoms with Crippen LogP contribution in [0.5, 0.6) is 11.5 Å². The number of nitrogens with one attached hydrogen (secondary N) is 1. The molecule has 1 unspecified atom stereocenters. The minimum atomic E-state index is -0.636. The summed E-state index contributed by atoms with van der Waals surface area (Å²) in [7, 11) is 1.59. The Bertz CT molecular complexity index is 1250. The molecule has 0 aliphatic carbocycles. The number of benzene rings is 3. The Morgan fingerprint density at radius 3 is 2.44 bits per heavy atom. The predicted molar refractivity (Wildman–Crippen MR) is 144 cm³/mol. The van der Waals surface area contributed by atoms with E-state index in [2.05, 4.69) is 5.32 Å².